The summed E-state index contributed by atoms with van der Waals surface area (Å²) in [5, 5.41) is 0. The van der Waals surface area contributed by atoms with Gasteiger partial charge in [0.05, 0.1) is 0 Å². The summed E-state index contributed by atoms with van der Waals surface area (Å²) in [5.41, 5.74) is 5.34. The highest BCUT2D eigenvalue weighted by Crippen LogP contribution is 2.28. The number of carbonyl (C=O) groups excluding carboxylic acids is 1. The second kappa shape index (κ2) is 5.12. The quantitative estimate of drug-likeness (QED) is 0.766. The number of rotatable bonds is 1. The predicted octanol–water partition coefficient (Wildman–Crippen LogP) is 3.90. The predicted molar refractivity (Wildman–Crippen MR) is 82.4 cm³/mol. The molecule has 0 radical (unpaired) electrons. The number of nitrogens with zero attached hydrogens (tertiary/aromatic N) is 1. The second-order valence-corrected chi connectivity index (χ2v) is 5.51. The largest absolute Gasteiger partial charge is 0.308 e. The first-order valence-corrected chi connectivity index (χ1v) is 7.14. The molecule has 2 heteroatoms. The van der Waals surface area contributed by atoms with E-state index in [0.29, 0.717) is 0 Å². The molecule has 1 aliphatic rings. The van der Waals surface area contributed by atoms with Crippen molar-refractivity contribution in [2.45, 2.75) is 26.7 Å². The van der Waals surface area contributed by atoms with Gasteiger partial charge < -0.3 is 4.90 Å². The molecule has 0 saturated carbocycles. The van der Waals surface area contributed by atoms with E-state index in [4.69, 9.17) is 0 Å². The highest BCUT2D eigenvalue weighted by molar-refractivity contribution is 6.07. The highest BCUT2D eigenvalue weighted by atomic mass is 16.2. The number of fused-ring (bicyclic) bond motifs is 1. The van der Waals surface area contributed by atoms with E-state index < -0.39 is 0 Å². The van der Waals surface area contributed by atoms with Gasteiger partial charge in [0.1, 0.15) is 0 Å². The molecular formula is C18H19NO. The Morgan fingerprint density at radius 2 is 1.90 bits per heavy atom. The maximum Gasteiger partial charge on any atom is 0.258 e. The van der Waals surface area contributed by atoms with E-state index in [1.165, 1.54) is 5.56 Å². The number of amides is 1. The zero-order valence-electron chi connectivity index (χ0n) is 12.0. The van der Waals surface area contributed by atoms with E-state index in [9.17, 15) is 4.79 Å². The topological polar surface area (TPSA) is 20.3 Å². The lowest BCUT2D eigenvalue weighted by Crippen LogP contribution is -2.35. The van der Waals surface area contributed by atoms with Crippen LogP contribution in [0.4, 0.5) is 5.69 Å². The van der Waals surface area contributed by atoms with Crippen LogP contribution < -0.4 is 4.90 Å². The maximum absolute atomic E-state index is 12.9. The number of anilines is 1. The van der Waals surface area contributed by atoms with Gasteiger partial charge in [-0.1, -0.05) is 35.9 Å². The summed E-state index contributed by atoms with van der Waals surface area (Å²) in [4.78, 5) is 14.8. The molecule has 102 valence electrons. The lowest BCUT2D eigenvalue weighted by Gasteiger charge is -2.30. The summed E-state index contributed by atoms with van der Waals surface area (Å²) in [6, 6.07) is 14.3. The van der Waals surface area contributed by atoms with Crippen LogP contribution in [0.15, 0.2) is 42.5 Å². The molecular weight excluding hydrogens is 246 g/mol. The molecule has 0 saturated heterocycles. The standard InChI is InChI=1S/C18H19NO/c1-13-9-10-14(2)16(12-13)18(20)19-11-5-7-15-6-3-4-8-17(15)19/h3-4,6,8-10,12H,5,7,11H2,1-2H3. The molecule has 2 aromatic rings. The summed E-state index contributed by atoms with van der Waals surface area (Å²) < 4.78 is 0. The number of carbonyl (C=O) groups is 1. The Bertz CT molecular complexity index is 660. The molecule has 2 aromatic carbocycles. The Kier molecular flexibility index (Phi) is 3.31. The molecule has 0 unspecified atom stereocenters. The van der Waals surface area contributed by atoms with E-state index in [0.717, 1.165) is 41.8 Å². The molecule has 1 heterocycles. The van der Waals surface area contributed by atoms with E-state index in [1.807, 2.05) is 43.0 Å². The zero-order valence-corrected chi connectivity index (χ0v) is 12.0. The van der Waals surface area contributed by atoms with Crippen molar-refractivity contribution in [3.8, 4) is 0 Å². The number of aryl methyl sites for hydroxylation is 3. The van der Waals surface area contributed by atoms with Gasteiger partial charge in [0, 0.05) is 17.8 Å². The number of hydrogen-bond donors (Lipinski definition) is 0. The Balaban J connectivity index is 2.02. The summed E-state index contributed by atoms with van der Waals surface area (Å²) in [7, 11) is 0. The van der Waals surface area contributed by atoms with Crippen molar-refractivity contribution < 1.29 is 4.79 Å². The third-order valence-electron chi connectivity index (χ3n) is 3.98. The van der Waals surface area contributed by atoms with Gasteiger partial charge in [0.2, 0.25) is 0 Å². The SMILES string of the molecule is Cc1ccc(C)c(C(=O)N2CCCc3ccccc32)c1. The molecule has 1 amide bonds. The van der Waals surface area contributed by atoms with Gasteiger partial charge in [-0.05, 0) is 49.9 Å². The van der Waals surface area contributed by atoms with Crippen LogP contribution in [0, 0.1) is 13.8 Å². The van der Waals surface area contributed by atoms with Gasteiger partial charge in [-0.3, -0.25) is 4.79 Å². The summed E-state index contributed by atoms with van der Waals surface area (Å²) >= 11 is 0. The normalized spacial score (nSPS) is 14.0. The number of hydrogen-bond acceptors (Lipinski definition) is 1. The Morgan fingerprint density at radius 1 is 1.10 bits per heavy atom. The fourth-order valence-corrected chi connectivity index (χ4v) is 2.86. The van der Waals surface area contributed by atoms with Gasteiger partial charge >= 0.3 is 0 Å². The van der Waals surface area contributed by atoms with Gasteiger partial charge in [-0.15, -0.1) is 0 Å². The van der Waals surface area contributed by atoms with E-state index in [-0.39, 0.29) is 5.91 Å². The minimum Gasteiger partial charge on any atom is -0.308 e. The Hall–Kier alpha value is -2.09. The third-order valence-corrected chi connectivity index (χ3v) is 3.98. The lowest BCUT2D eigenvalue weighted by molar-refractivity contribution is 0.0984. The first-order chi connectivity index (χ1) is 9.66. The van der Waals surface area contributed by atoms with Gasteiger partial charge in [-0.2, -0.15) is 0 Å². The van der Waals surface area contributed by atoms with E-state index >= 15 is 0 Å². The molecule has 0 atom stereocenters. The van der Waals surface area contributed by atoms with Crippen molar-refractivity contribution in [1.29, 1.82) is 0 Å². The van der Waals surface area contributed by atoms with E-state index in [1.54, 1.807) is 0 Å². The first-order valence-electron chi connectivity index (χ1n) is 7.14. The molecule has 0 bridgehead atoms. The minimum absolute atomic E-state index is 0.123. The molecule has 1 aliphatic heterocycles. The first kappa shape index (κ1) is 12.9. The molecule has 0 fully saturated rings. The summed E-state index contributed by atoms with van der Waals surface area (Å²) in [5.74, 6) is 0.123. The molecule has 0 spiro atoms. The number of benzene rings is 2. The smallest absolute Gasteiger partial charge is 0.258 e. The van der Waals surface area contributed by atoms with Crippen molar-refractivity contribution in [2.24, 2.45) is 0 Å². The molecule has 0 aliphatic carbocycles. The van der Waals surface area contributed by atoms with Crippen LogP contribution in [0.25, 0.3) is 0 Å². The van der Waals surface area contributed by atoms with Crippen LogP contribution in [0.2, 0.25) is 0 Å². The Morgan fingerprint density at radius 3 is 2.75 bits per heavy atom. The van der Waals surface area contributed by atoms with Crippen LogP contribution in [0.5, 0.6) is 0 Å². The van der Waals surface area contributed by atoms with Crippen molar-refractivity contribution in [1.82, 2.24) is 0 Å². The van der Waals surface area contributed by atoms with E-state index in [2.05, 4.69) is 18.2 Å². The van der Waals surface area contributed by atoms with Gasteiger partial charge in [0.25, 0.3) is 5.91 Å². The average molecular weight is 265 g/mol. The van der Waals surface area contributed by atoms with Crippen LogP contribution >= 0.6 is 0 Å². The fourth-order valence-electron chi connectivity index (χ4n) is 2.86. The van der Waals surface area contributed by atoms with Crippen molar-refractivity contribution in [2.75, 3.05) is 11.4 Å². The van der Waals surface area contributed by atoms with Crippen LogP contribution in [-0.4, -0.2) is 12.5 Å². The minimum atomic E-state index is 0.123. The summed E-state index contributed by atoms with van der Waals surface area (Å²) in [6.45, 7) is 4.84. The third kappa shape index (κ3) is 2.22. The van der Waals surface area contributed by atoms with Crippen molar-refractivity contribution >= 4 is 11.6 Å². The van der Waals surface area contributed by atoms with Crippen LogP contribution in [0.1, 0.15) is 33.5 Å². The van der Waals surface area contributed by atoms with Gasteiger partial charge in [-0.25, -0.2) is 0 Å². The molecule has 20 heavy (non-hydrogen) atoms. The Labute approximate surface area is 120 Å². The molecule has 3 rings (SSSR count). The maximum atomic E-state index is 12.9. The van der Waals surface area contributed by atoms with Crippen molar-refractivity contribution in [3.63, 3.8) is 0 Å². The molecule has 2 nitrogen and oxygen atoms in total. The van der Waals surface area contributed by atoms with Crippen LogP contribution in [-0.2, 0) is 6.42 Å². The fraction of sp³-hybridized carbons (Fsp3) is 0.278. The number of para-hydroxylation sites is 1. The molecule has 0 N–H and O–H groups in total. The lowest BCUT2D eigenvalue weighted by atomic mass is 9.99. The average Bonchev–Trinajstić information content (AvgIpc) is 2.48. The monoisotopic (exact) mass is 265 g/mol. The zero-order chi connectivity index (χ0) is 14.1. The van der Waals surface area contributed by atoms with Gasteiger partial charge in [0.15, 0.2) is 0 Å². The second-order valence-electron chi connectivity index (χ2n) is 5.51. The summed E-state index contributed by atoms with van der Waals surface area (Å²) in [6.07, 6.45) is 2.10. The van der Waals surface area contributed by atoms with Crippen LogP contribution in [0.3, 0.4) is 0 Å². The highest BCUT2D eigenvalue weighted by Gasteiger charge is 2.24. The van der Waals surface area contributed by atoms with Crippen molar-refractivity contribution in [3.05, 3.63) is 64.7 Å². The molecule has 0 aromatic heterocycles.